The number of hydrogen-bond acceptors (Lipinski definition) is 5. The lowest BCUT2D eigenvalue weighted by atomic mass is 9.82. The highest BCUT2D eigenvalue weighted by Crippen LogP contribution is 2.37. The number of carbonyl (C=O) groups excluding carboxylic acids is 1. The van der Waals surface area contributed by atoms with Gasteiger partial charge < -0.3 is 20.6 Å². The molecule has 11 heteroatoms. The predicted molar refractivity (Wildman–Crippen MR) is 134 cm³/mol. The molecule has 2 heterocycles. The molecule has 2 fully saturated rings. The first-order valence-corrected chi connectivity index (χ1v) is 13.5. The maximum atomic E-state index is 12.9. The van der Waals surface area contributed by atoms with Crippen molar-refractivity contribution in [2.75, 3.05) is 31.9 Å². The number of rotatable bonds is 12. The lowest BCUT2D eigenvalue weighted by Crippen LogP contribution is -2.53. The van der Waals surface area contributed by atoms with Crippen molar-refractivity contribution >= 4 is 34.4 Å². The van der Waals surface area contributed by atoms with Gasteiger partial charge in [0.2, 0.25) is 10.0 Å². The highest BCUT2D eigenvalue weighted by molar-refractivity contribution is 7.89. The molecule has 2 amide bonds. The van der Waals surface area contributed by atoms with Gasteiger partial charge in [0.1, 0.15) is 6.04 Å². The number of carboxylic acids is 1. The van der Waals surface area contributed by atoms with E-state index < -0.39 is 27.6 Å². The third kappa shape index (κ3) is 7.07. The summed E-state index contributed by atoms with van der Waals surface area (Å²) in [6, 6.07) is 7.73. The highest BCUT2D eigenvalue weighted by atomic mass is 35.5. The van der Waals surface area contributed by atoms with Crippen LogP contribution < -0.4 is 15.4 Å². The van der Waals surface area contributed by atoms with Gasteiger partial charge in [-0.3, -0.25) is 4.79 Å². The lowest BCUT2D eigenvalue weighted by Gasteiger charge is -2.40. The minimum atomic E-state index is -3.76. The second-order valence-electron chi connectivity index (χ2n) is 9.08. The zero-order chi connectivity index (χ0) is 23.9. The zero-order valence-electron chi connectivity index (χ0n) is 19.7. The molecule has 0 radical (unpaired) electrons. The lowest BCUT2D eigenvalue weighted by molar-refractivity contribution is -0.139. The van der Waals surface area contributed by atoms with Crippen molar-refractivity contribution in [2.45, 2.75) is 57.0 Å². The Morgan fingerprint density at radius 1 is 1.26 bits per heavy atom. The molecule has 3 rings (SSSR count). The molecule has 9 nitrogen and oxygen atoms in total. The Hall–Kier alpha value is -1.88. The van der Waals surface area contributed by atoms with Gasteiger partial charge in [0, 0.05) is 19.5 Å². The van der Waals surface area contributed by atoms with E-state index in [1.54, 1.807) is 4.90 Å². The smallest absolute Gasteiger partial charge is 0.321 e. The fourth-order valence-electron chi connectivity index (χ4n) is 4.84. The topological polar surface area (TPSA) is 128 Å². The third-order valence-electron chi connectivity index (χ3n) is 6.75. The summed E-state index contributed by atoms with van der Waals surface area (Å²) in [5, 5.41) is 16.1. The number of hydrogen-bond donors (Lipinski definition) is 4. The Bertz CT molecular complexity index is 911. The van der Waals surface area contributed by atoms with Crippen LogP contribution in [-0.4, -0.2) is 68.4 Å². The predicted octanol–water partition coefficient (Wildman–Crippen LogP) is 2.28. The number of amides is 2. The minimum absolute atomic E-state index is 0. The van der Waals surface area contributed by atoms with Crippen LogP contribution in [0.4, 0.5) is 4.79 Å². The summed E-state index contributed by atoms with van der Waals surface area (Å²) < 4.78 is 27.4. The number of halogens is 1. The summed E-state index contributed by atoms with van der Waals surface area (Å²) in [5.41, 5.74) is -0.158. The Morgan fingerprint density at radius 2 is 1.94 bits per heavy atom. The second-order valence-corrected chi connectivity index (χ2v) is 10.9. The van der Waals surface area contributed by atoms with Crippen molar-refractivity contribution in [3.8, 4) is 0 Å². The summed E-state index contributed by atoms with van der Waals surface area (Å²) in [6.45, 7) is 4.51. The van der Waals surface area contributed by atoms with Gasteiger partial charge in [-0.05, 0) is 50.3 Å². The van der Waals surface area contributed by atoms with Crippen molar-refractivity contribution in [1.29, 1.82) is 0 Å². The summed E-state index contributed by atoms with van der Waals surface area (Å²) in [7, 11) is -3.76. The van der Waals surface area contributed by atoms with Crippen LogP contribution >= 0.6 is 12.4 Å². The Kier molecular flexibility index (Phi) is 10.6. The fourth-order valence-corrected chi connectivity index (χ4v) is 6.24. The molecule has 192 valence electrons. The molecule has 2 saturated heterocycles. The van der Waals surface area contributed by atoms with Crippen LogP contribution in [0.25, 0.3) is 0 Å². The number of sulfonamides is 1. The Balaban J connectivity index is 0.00000408. The summed E-state index contributed by atoms with van der Waals surface area (Å²) in [5.74, 6) is -0.874. The summed E-state index contributed by atoms with van der Waals surface area (Å²) in [4.78, 5) is 26.8. The number of nitrogens with one attached hydrogen (secondary N) is 3. The van der Waals surface area contributed by atoms with Crippen LogP contribution in [-0.2, 0) is 20.4 Å². The molecular weight excluding hydrogens is 480 g/mol. The van der Waals surface area contributed by atoms with Gasteiger partial charge in [0.25, 0.3) is 0 Å². The number of piperidine rings is 1. The third-order valence-corrected chi connectivity index (χ3v) is 8.22. The number of unbranched alkanes of at least 4 members (excludes halogenated alkanes) is 1. The molecule has 2 atom stereocenters. The highest BCUT2D eigenvalue weighted by Gasteiger charge is 2.49. The number of benzene rings is 1. The van der Waals surface area contributed by atoms with Crippen LogP contribution in [0, 0.1) is 5.92 Å². The normalized spacial score (nSPS) is 22.1. The number of carboxylic acid groups (broad SMARTS) is 1. The van der Waals surface area contributed by atoms with Gasteiger partial charge in [-0.25, -0.2) is 17.9 Å². The monoisotopic (exact) mass is 516 g/mol. The quantitative estimate of drug-likeness (QED) is 0.337. The van der Waals surface area contributed by atoms with Gasteiger partial charge in [-0.1, -0.05) is 43.7 Å². The SMILES string of the molecule is CCCCS(=O)(=O)NC(CC1(c2ccccc2)CNC(=O)N1CCC1CCNCC1)C(=O)O.Cl. The van der Waals surface area contributed by atoms with Crippen molar-refractivity contribution in [3.05, 3.63) is 35.9 Å². The Morgan fingerprint density at radius 3 is 2.56 bits per heavy atom. The van der Waals surface area contributed by atoms with E-state index in [1.165, 1.54) is 0 Å². The van der Waals surface area contributed by atoms with E-state index in [2.05, 4.69) is 15.4 Å². The van der Waals surface area contributed by atoms with Crippen molar-refractivity contribution in [1.82, 2.24) is 20.3 Å². The largest absolute Gasteiger partial charge is 0.480 e. The molecule has 0 aromatic heterocycles. The van der Waals surface area contributed by atoms with Crippen LogP contribution in [0.2, 0.25) is 0 Å². The molecule has 1 aromatic rings. The standard InChI is InChI=1S/C23H36N4O5S.ClH/c1-2-3-15-33(31,32)26-20(21(28)29)16-23(19-7-5-4-6-8-19)17-25-22(30)27(23)14-11-18-9-12-24-13-10-18;/h4-8,18,20,24,26H,2-3,9-17H2,1H3,(H,25,30)(H,28,29);1H. The number of urea groups is 1. The Labute approximate surface area is 208 Å². The first-order valence-electron chi connectivity index (χ1n) is 11.8. The van der Waals surface area contributed by atoms with Gasteiger partial charge in [-0.2, -0.15) is 0 Å². The first kappa shape index (κ1) is 28.4. The zero-order valence-corrected chi connectivity index (χ0v) is 21.3. The summed E-state index contributed by atoms with van der Waals surface area (Å²) >= 11 is 0. The van der Waals surface area contributed by atoms with E-state index in [1.807, 2.05) is 37.3 Å². The molecule has 4 N–H and O–H groups in total. The average Bonchev–Trinajstić information content (AvgIpc) is 3.13. The maximum absolute atomic E-state index is 12.9. The van der Waals surface area contributed by atoms with E-state index >= 15 is 0 Å². The first-order chi connectivity index (χ1) is 15.8. The summed E-state index contributed by atoms with van der Waals surface area (Å²) in [6.07, 6.45) is 4.00. The average molecular weight is 517 g/mol. The number of aliphatic carboxylic acids is 1. The molecule has 34 heavy (non-hydrogen) atoms. The number of nitrogens with zero attached hydrogens (tertiary/aromatic N) is 1. The van der Waals surface area contributed by atoms with Gasteiger partial charge in [0.05, 0.1) is 11.3 Å². The molecular formula is C23H37ClN4O5S. The molecule has 0 spiro atoms. The fraction of sp³-hybridized carbons (Fsp3) is 0.652. The van der Waals surface area contributed by atoms with Crippen LogP contribution in [0.3, 0.4) is 0 Å². The van der Waals surface area contributed by atoms with Crippen molar-refractivity contribution in [2.24, 2.45) is 5.92 Å². The van der Waals surface area contributed by atoms with E-state index in [4.69, 9.17) is 0 Å². The second kappa shape index (κ2) is 12.7. The van der Waals surface area contributed by atoms with E-state index in [0.29, 0.717) is 25.3 Å². The molecule has 2 unspecified atom stereocenters. The molecule has 0 aliphatic carbocycles. The number of carbonyl (C=O) groups is 2. The van der Waals surface area contributed by atoms with Crippen LogP contribution in [0.1, 0.15) is 51.0 Å². The van der Waals surface area contributed by atoms with Crippen LogP contribution in [0.15, 0.2) is 30.3 Å². The van der Waals surface area contributed by atoms with Gasteiger partial charge in [-0.15, -0.1) is 12.4 Å². The molecule has 2 aliphatic heterocycles. The van der Waals surface area contributed by atoms with Crippen molar-refractivity contribution < 1.29 is 23.1 Å². The maximum Gasteiger partial charge on any atom is 0.321 e. The van der Waals surface area contributed by atoms with E-state index in [0.717, 1.165) is 37.9 Å². The van der Waals surface area contributed by atoms with Crippen LogP contribution in [0.5, 0.6) is 0 Å². The van der Waals surface area contributed by atoms with Gasteiger partial charge in [0.15, 0.2) is 0 Å². The van der Waals surface area contributed by atoms with Gasteiger partial charge >= 0.3 is 12.0 Å². The molecule has 0 bridgehead atoms. The minimum Gasteiger partial charge on any atom is -0.480 e. The van der Waals surface area contributed by atoms with E-state index in [9.17, 15) is 23.1 Å². The van der Waals surface area contributed by atoms with Crippen molar-refractivity contribution in [3.63, 3.8) is 0 Å². The molecule has 0 saturated carbocycles. The van der Waals surface area contributed by atoms with E-state index in [-0.39, 0.29) is 37.2 Å². The molecule has 2 aliphatic rings. The molecule has 1 aromatic carbocycles.